The third kappa shape index (κ3) is 2.23. The Morgan fingerprint density at radius 3 is 2.67 bits per heavy atom. The first kappa shape index (κ1) is 10.3. The van der Waals surface area contributed by atoms with Gasteiger partial charge in [0.1, 0.15) is 5.82 Å². The zero-order valence-electron chi connectivity index (χ0n) is 8.39. The van der Waals surface area contributed by atoms with E-state index in [2.05, 4.69) is 37.8 Å². The molecule has 0 aliphatic carbocycles. The van der Waals surface area contributed by atoms with Gasteiger partial charge in [-0.25, -0.2) is 15.0 Å². The fraction of sp³-hybridized carbons (Fsp3) is 0.300. The van der Waals surface area contributed by atoms with E-state index in [0.29, 0.717) is 5.95 Å². The van der Waals surface area contributed by atoms with Crippen molar-refractivity contribution in [2.45, 2.75) is 19.8 Å². The van der Waals surface area contributed by atoms with Gasteiger partial charge in [-0.15, -0.1) is 0 Å². The minimum Gasteiger partial charge on any atom is -0.272 e. The predicted molar refractivity (Wildman–Crippen MR) is 60.8 cm³/mol. The molecule has 78 valence electrons. The Morgan fingerprint density at radius 1 is 1.27 bits per heavy atom. The number of nitrogens with zero attached hydrogens (tertiary/aromatic N) is 4. The molecule has 0 aliphatic rings. The lowest BCUT2D eigenvalue weighted by molar-refractivity contribution is 0.781. The maximum absolute atomic E-state index is 4.28. The second kappa shape index (κ2) is 4.53. The monoisotopic (exact) mass is 266 g/mol. The summed E-state index contributed by atoms with van der Waals surface area (Å²) in [7, 11) is 0. The molecule has 2 aromatic heterocycles. The first-order valence-corrected chi connectivity index (χ1v) is 5.60. The SMILES string of the molecule is CCCc1nccn1-c1ncc(Br)cn1. The predicted octanol–water partition coefficient (Wildman–Crippen LogP) is 2.38. The minimum atomic E-state index is 0.666. The number of halogens is 1. The molecule has 15 heavy (non-hydrogen) atoms. The Morgan fingerprint density at radius 2 is 2.00 bits per heavy atom. The van der Waals surface area contributed by atoms with Crippen molar-refractivity contribution in [2.75, 3.05) is 0 Å². The summed E-state index contributed by atoms with van der Waals surface area (Å²) >= 11 is 3.31. The van der Waals surface area contributed by atoms with Crippen LogP contribution >= 0.6 is 15.9 Å². The summed E-state index contributed by atoms with van der Waals surface area (Å²) in [5, 5.41) is 0. The van der Waals surface area contributed by atoms with Crippen molar-refractivity contribution in [3.8, 4) is 5.95 Å². The van der Waals surface area contributed by atoms with E-state index in [1.54, 1.807) is 18.6 Å². The maximum Gasteiger partial charge on any atom is 0.235 e. The molecule has 0 saturated heterocycles. The smallest absolute Gasteiger partial charge is 0.235 e. The largest absolute Gasteiger partial charge is 0.272 e. The van der Waals surface area contributed by atoms with Gasteiger partial charge >= 0.3 is 0 Å². The van der Waals surface area contributed by atoms with Gasteiger partial charge in [-0.1, -0.05) is 6.92 Å². The van der Waals surface area contributed by atoms with Gasteiger partial charge in [0.25, 0.3) is 0 Å². The summed E-state index contributed by atoms with van der Waals surface area (Å²) in [6.07, 6.45) is 9.13. The molecule has 0 radical (unpaired) electrons. The minimum absolute atomic E-state index is 0.666. The van der Waals surface area contributed by atoms with Crippen LogP contribution in [-0.4, -0.2) is 19.5 Å². The topological polar surface area (TPSA) is 43.6 Å². The maximum atomic E-state index is 4.28. The van der Waals surface area contributed by atoms with Crippen molar-refractivity contribution in [2.24, 2.45) is 0 Å². The molecular weight excluding hydrogens is 256 g/mol. The lowest BCUT2D eigenvalue weighted by Crippen LogP contribution is -2.04. The highest BCUT2D eigenvalue weighted by Gasteiger charge is 2.05. The van der Waals surface area contributed by atoms with Crippen molar-refractivity contribution < 1.29 is 0 Å². The summed E-state index contributed by atoms with van der Waals surface area (Å²) in [4.78, 5) is 12.7. The highest BCUT2D eigenvalue weighted by Crippen LogP contribution is 2.10. The van der Waals surface area contributed by atoms with Gasteiger partial charge in [0.15, 0.2) is 0 Å². The molecule has 0 atom stereocenters. The zero-order chi connectivity index (χ0) is 10.7. The van der Waals surface area contributed by atoms with Crippen LogP contribution in [0.4, 0.5) is 0 Å². The Kier molecular flexibility index (Phi) is 3.11. The van der Waals surface area contributed by atoms with Crippen LogP contribution in [0.15, 0.2) is 29.3 Å². The molecule has 0 unspecified atom stereocenters. The molecule has 2 aromatic rings. The highest BCUT2D eigenvalue weighted by molar-refractivity contribution is 9.10. The van der Waals surface area contributed by atoms with Crippen molar-refractivity contribution in [1.82, 2.24) is 19.5 Å². The van der Waals surface area contributed by atoms with Crippen LogP contribution in [0.5, 0.6) is 0 Å². The second-order valence-corrected chi connectivity index (χ2v) is 4.08. The fourth-order valence-electron chi connectivity index (χ4n) is 1.35. The fourth-order valence-corrected chi connectivity index (χ4v) is 1.56. The molecule has 0 aliphatic heterocycles. The molecule has 0 amide bonds. The van der Waals surface area contributed by atoms with Crippen LogP contribution in [0.3, 0.4) is 0 Å². The van der Waals surface area contributed by atoms with Crippen LogP contribution in [0.1, 0.15) is 19.2 Å². The third-order valence-electron chi connectivity index (χ3n) is 2.01. The van der Waals surface area contributed by atoms with E-state index in [9.17, 15) is 0 Å². The summed E-state index contributed by atoms with van der Waals surface area (Å²) in [5.41, 5.74) is 0. The van der Waals surface area contributed by atoms with Gasteiger partial charge in [0, 0.05) is 31.2 Å². The zero-order valence-corrected chi connectivity index (χ0v) is 9.98. The molecule has 0 bridgehead atoms. The van der Waals surface area contributed by atoms with Crippen molar-refractivity contribution in [3.05, 3.63) is 35.1 Å². The molecule has 4 nitrogen and oxygen atoms in total. The van der Waals surface area contributed by atoms with Gasteiger partial charge < -0.3 is 0 Å². The molecule has 0 saturated carbocycles. The average molecular weight is 267 g/mol. The van der Waals surface area contributed by atoms with E-state index in [-0.39, 0.29) is 0 Å². The normalized spacial score (nSPS) is 10.5. The average Bonchev–Trinajstić information content (AvgIpc) is 2.68. The lowest BCUT2D eigenvalue weighted by Gasteiger charge is -2.04. The van der Waals surface area contributed by atoms with Crippen LogP contribution in [-0.2, 0) is 6.42 Å². The Bertz CT molecular complexity index is 435. The number of aryl methyl sites for hydroxylation is 1. The number of rotatable bonds is 3. The van der Waals surface area contributed by atoms with Gasteiger partial charge in [0.2, 0.25) is 5.95 Å². The second-order valence-electron chi connectivity index (χ2n) is 3.16. The molecule has 2 heterocycles. The molecule has 5 heteroatoms. The number of hydrogen-bond donors (Lipinski definition) is 0. The van der Waals surface area contributed by atoms with E-state index in [4.69, 9.17) is 0 Å². The van der Waals surface area contributed by atoms with Gasteiger partial charge in [-0.2, -0.15) is 0 Å². The summed E-state index contributed by atoms with van der Waals surface area (Å²) in [6.45, 7) is 2.13. The Hall–Kier alpha value is -1.23. The lowest BCUT2D eigenvalue weighted by atomic mass is 10.3. The Balaban J connectivity index is 2.36. The number of aromatic nitrogens is 4. The number of hydrogen-bond acceptors (Lipinski definition) is 3. The van der Waals surface area contributed by atoms with Gasteiger partial charge in [-0.3, -0.25) is 4.57 Å². The van der Waals surface area contributed by atoms with Crippen LogP contribution in [0.25, 0.3) is 5.95 Å². The molecular formula is C10H11BrN4. The third-order valence-corrected chi connectivity index (χ3v) is 2.42. The quantitative estimate of drug-likeness (QED) is 0.857. The van der Waals surface area contributed by atoms with E-state index in [1.807, 2.05) is 10.8 Å². The van der Waals surface area contributed by atoms with Crippen molar-refractivity contribution in [3.63, 3.8) is 0 Å². The Labute approximate surface area is 96.5 Å². The van der Waals surface area contributed by atoms with Crippen molar-refractivity contribution >= 4 is 15.9 Å². The van der Waals surface area contributed by atoms with Gasteiger partial charge in [0.05, 0.1) is 4.47 Å². The molecule has 0 fully saturated rings. The highest BCUT2D eigenvalue weighted by atomic mass is 79.9. The summed E-state index contributed by atoms with van der Waals surface area (Å²) in [6, 6.07) is 0. The number of imidazole rings is 1. The standard InChI is InChI=1S/C10H11BrN4/c1-2-3-9-12-4-5-15(9)10-13-6-8(11)7-14-10/h4-7H,2-3H2,1H3. The van der Waals surface area contributed by atoms with Crippen LogP contribution in [0.2, 0.25) is 0 Å². The van der Waals surface area contributed by atoms with E-state index < -0.39 is 0 Å². The van der Waals surface area contributed by atoms with E-state index in [1.165, 1.54) is 0 Å². The molecule has 0 spiro atoms. The summed E-state index contributed by atoms with van der Waals surface area (Å²) < 4.78 is 2.79. The van der Waals surface area contributed by atoms with Gasteiger partial charge in [-0.05, 0) is 22.4 Å². The summed E-state index contributed by atoms with van der Waals surface area (Å²) in [5.74, 6) is 1.67. The molecule has 0 aromatic carbocycles. The van der Waals surface area contributed by atoms with Crippen LogP contribution < -0.4 is 0 Å². The first-order valence-electron chi connectivity index (χ1n) is 4.81. The van der Waals surface area contributed by atoms with E-state index >= 15 is 0 Å². The molecule has 2 rings (SSSR count). The molecule has 0 N–H and O–H groups in total. The van der Waals surface area contributed by atoms with Crippen molar-refractivity contribution in [1.29, 1.82) is 0 Å². The van der Waals surface area contributed by atoms with E-state index in [0.717, 1.165) is 23.1 Å². The van der Waals surface area contributed by atoms with Crippen LogP contribution in [0, 0.1) is 0 Å². The first-order chi connectivity index (χ1) is 7.31.